The molecule has 2 aliphatic rings. The Kier molecular flexibility index (Phi) is 8.67. The zero-order valence-electron chi connectivity index (χ0n) is 24.7. The Bertz CT molecular complexity index is 1900. The maximum Gasteiger partial charge on any atom is 0.319 e. The van der Waals surface area contributed by atoms with Crippen molar-refractivity contribution in [3.63, 3.8) is 0 Å². The third-order valence-electron chi connectivity index (χ3n) is 8.45. The number of aromatic nitrogens is 3. The van der Waals surface area contributed by atoms with Gasteiger partial charge in [0.25, 0.3) is 5.91 Å². The molecule has 2 aromatic heterocycles. The second-order valence-corrected chi connectivity index (χ2v) is 11.7. The van der Waals surface area contributed by atoms with Gasteiger partial charge in [0.1, 0.15) is 41.7 Å². The van der Waals surface area contributed by atoms with E-state index in [0.717, 1.165) is 0 Å². The van der Waals surface area contributed by atoms with Gasteiger partial charge < -0.3 is 19.4 Å². The Morgan fingerprint density at radius 2 is 1.98 bits per heavy atom. The highest BCUT2D eigenvalue weighted by Gasteiger charge is 2.36. The minimum Gasteiger partial charge on any atom is -0.462 e. The van der Waals surface area contributed by atoms with Crippen LogP contribution < -0.4 is 9.64 Å². The molecule has 2 aliphatic heterocycles. The fourth-order valence-corrected chi connectivity index (χ4v) is 6.41. The van der Waals surface area contributed by atoms with Gasteiger partial charge in [-0.3, -0.25) is 14.7 Å². The van der Waals surface area contributed by atoms with Crippen LogP contribution in [0.2, 0.25) is 5.02 Å². The van der Waals surface area contributed by atoms with Crippen LogP contribution >= 0.6 is 11.6 Å². The van der Waals surface area contributed by atoms with E-state index in [2.05, 4.69) is 26.4 Å². The quantitative estimate of drug-likeness (QED) is 0.146. The number of benzene rings is 2. The molecule has 0 unspecified atom stereocenters. The summed E-state index contributed by atoms with van der Waals surface area (Å²) in [6.45, 7) is 10.9. The van der Waals surface area contributed by atoms with Crippen LogP contribution in [-0.4, -0.2) is 95.3 Å². The molecule has 46 heavy (non-hydrogen) atoms. The first-order chi connectivity index (χ1) is 22.1. The van der Waals surface area contributed by atoms with E-state index in [4.69, 9.17) is 22.9 Å². The van der Waals surface area contributed by atoms with Gasteiger partial charge in [0.05, 0.1) is 10.4 Å². The molecule has 0 aliphatic carbocycles. The standard InChI is InChI=1S/C32H28ClF4N7O2/c1-17(34)31(45)44-10-9-43(15-21(44)12-38-2)30-23-13-39-28(22-6-4-5-18-7-8-24(36)26(33)25(18)22)27(37)29(23)40-32(41-30)46-16-20-11-19(35)14-42(20)3/h4-8,13,19-21H,1,9-12,14-16H2,3H3/t19-,20-,21+/m1/s1. The van der Waals surface area contributed by atoms with Crippen molar-refractivity contribution in [3.8, 4) is 17.3 Å². The van der Waals surface area contributed by atoms with Crippen molar-refractivity contribution in [1.82, 2.24) is 24.8 Å². The van der Waals surface area contributed by atoms with E-state index in [1.165, 1.54) is 23.2 Å². The normalized spacial score (nSPS) is 20.3. The molecule has 3 atom stereocenters. The molecule has 1 amide bonds. The number of rotatable bonds is 7. The molecule has 0 N–H and O–H groups in total. The molecule has 9 nitrogen and oxygen atoms in total. The number of fused-ring (bicyclic) bond motifs is 2. The summed E-state index contributed by atoms with van der Waals surface area (Å²) in [4.78, 5) is 34.1. The topological polar surface area (TPSA) is 79.1 Å². The number of carbonyl (C=O) groups is 1. The molecule has 0 spiro atoms. The lowest BCUT2D eigenvalue weighted by Gasteiger charge is -2.39. The number of piperazine rings is 1. The van der Waals surface area contributed by atoms with Crippen LogP contribution in [0.25, 0.3) is 37.8 Å². The van der Waals surface area contributed by atoms with E-state index < -0.39 is 35.6 Å². The van der Waals surface area contributed by atoms with Gasteiger partial charge in [0.15, 0.2) is 11.6 Å². The van der Waals surface area contributed by atoms with E-state index in [1.807, 2.05) is 4.90 Å². The largest absolute Gasteiger partial charge is 0.462 e. The van der Waals surface area contributed by atoms with Crippen LogP contribution in [0.3, 0.4) is 0 Å². The molecule has 4 aromatic rings. The van der Waals surface area contributed by atoms with Crippen molar-refractivity contribution >= 4 is 45.0 Å². The number of hydrogen-bond acceptors (Lipinski definition) is 7. The fraction of sp³-hybridized carbons (Fsp3) is 0.344. The molecular formula is C32H28ClF4N7O2. The number of likely N-dealkylation sites (tertiary alicyclic amines) is 1. The highest BCUT2D eigenvalue weighted by molar-refractivity contribution is 6.36. The van der Waals surface area contributed by atoms with Crippen molar-refractivity contribution in [2.45, 2.75) is 24.7 Å². The number of halogens is 5. The summed E-state index contributed by atoms with van der Waals surface area (Å²) in [5.74, 6) is -3.31. The minimum atomic E-state index is -1.13. The smallest absolute Gasteiger partial charge is 0.319 e. The van der Waals surface area contributed by atoms with Gasteiger partial charge in [-0.15, -0.1) is 0 Å². The van der Waals surface area contributed by atoms with Gasteiger partial charge in [-0.1, -0.05) is 42.4 Å². The van der Waals surface area contributed by atoms with Crippen molar-refractivity contribution in [3.05, 3.63) is 77.0 Å². The van der Waals surface area contributed by atoms with Crippen molar-refractivity contribution < 1.29 is 27.1 Å². The van der Waals surface area contributed by atoms with Gasteiger partial charge in [-0.25, -0.2) is 24.1 Å². The summed E-state index contributed by atoms with van der Waals surface area (Å²) in [5, 5.41) is 0.897. The lowest BCUT2D eigenvalue weighted by molar-refractivity contribution is -0.131. The Hall–Kier alpha value is -4.54. The number of anilines is 1. The number of amides is 1. The van der Waals surface area contributed by atoms with Crippen LogP contribution in [-0.2, 0) is 4.79 Å². The van der Waals surface area contributed by atoms with Gasteiger partial charge >= 0.3 is 6.01 Å². The number of nitrogens with zero attached hydrogens (tertiary/aromatic N) is 7. The first-order valence-electron chi connectivity index (χ1n) is 14.5. The van der Waals surface area contributed by atoms with Gasteiger partial charge in [0.2, 0.25) is 6.54 Å². The van der Waals surface area contributed by atoms with Crippen LogP contribution in [0.15, 0.2) is 48.9 Å². The van der Waals surface area contributed by atoms with Crippen LogP contribution in [0.1, 0.15) is 6.42 Å². The van der Waals surface area contributed by atoms with Gasteiger partial charge in [-0.05, 0) is 24.9 Å². The number of hydrogen-bond donors (Lipinski definition) is 0. The number of pyridine rings is 1. The van der Waals surface area contributed by atoms with E-state index in [9.17, 15) is 18.0 Å². The molecule has 2 saturated heterocycles. The SMILES string of the molecule is [C-]#[N+]C[C@H]1CN(c2nc(OC[C@H]3C[C@@H](F)CN3C)nc3c(F)c(-c4cccc5ccc(F)c(Cl)c45)ncc23)CCN1C(=O)C(=C)F. The molecule has 0 radical (unpaired) electrons. The highest BCUT2D eigenvalue weighted by Crippen LogP contribution is 2.38. The zero-order valence-corrected chi connectivity index (χ0v) is 25.4. The second-order valence-electron chi connectivity index (χ2n) is 11.4. The molecule has 0 bridgehead atoms. The third-order valence-corrected chi connectivity index (χ3v) is 8.82. The first kappa shape index (κ1) is 31.4. The van der Waals surface area contributed by atoms with Crippen molar-refractivity contribution in [2.24, 2.45) is 0 Å². The average molecular weight is 654 g/mol. The molecule has 0 saturated carbocycles. The molecule has 14 heteroatoms. The Balaban J connectivity index is 1.46. The summed E-state index contributed by atoms with van der Waals surface area (Å²) < 4.78 is 64.8. The Labute approximate surface area is 266 Å². The maximum absolute atomic E-state index is 16.6. The molecular weight excluding hydrogens is 626 g/mol. The molecule has 4 heterocycles. The number of ether oxygens (including phenoxy) is 1. The third kappa shape index (κ3) is 5.78. The Morgan fingerprint density at radius 1 is 1.17 bits per heavy atom. The monoisotopic (exact) mass is 653 g/mol. The zero-order chi connectivity index (χ0) is 32.7. The van der Waals surface area contributed by atoms with Gasteiger partial charge in [-0.2, -0.15) is 9.97 Å². The fourth-order valence-electron chi connectivity index (χ4n) is 6.13. The van der Waals surface area contributed by atoms with E-state index in [0.29, 0.717) is 5.39 Å². The van der Waals surface area contributed by atoms with Crippen molar-refractivity contribution in [1.29, 1.82) is 0 Å². The maximum atomic E-state index is 16.6. The summed E-state index contributed by atoms with van der Waals surface area (Å²) in [5.41, 5.74) is -0.0175. The lowest BCUT2D eigenvalue weighted by Crippen LogP contribution is -2.56. The summed E-state index contributed by atoms with van der Waals surface area (Å²) >= 11 is 6.34. The minimum absolute atomic E-state index is 0.0425. The second kappa shape index (κ2) is 12.7. The van der Waals surface area contributed by atoms with E-state index >= 15 is 4.39 Å². The lowest BCUT2D eigenvalue weighted by atomic mass is 10.0. The van der Waals surface area contributed by atoms with Crippen LogP contribution in [0.4, 0.5) is 23.4 Å². The molecule has 2 fully saturated rings. The number of alkyl halides is 1. The predicted molar refractivity (Wildman–Crippen MR) is 166 cm³/mol. The van der Waals surface area contributed by atoms with E-state index in [1.54, 1.807) is 30.1 Å². The highest BCUT2D eigenvalue weighted by atomic mass is 35.5. The Morgan fingerprint density at radius 3 is 2.70 bits per heavy atom. The molecule has 238 valence electrons. The summed E-state index contributed by atoms with van der Waals surface area (Å²) in [6, 6.07) is 6.61. The number of carbonyl (C=O) groups excluding carboxylic acids is 1. The van der Waals surface area contributed by atoms with Crippen molar-refractivity contribution in [2.75, 3.05) is 51.3 Å². The van der Waals surface area contributed by atoms with E-state index in [-0.39, 0.29) is 96.2 Å². The number of likely N-dealkylation sites (N-methyl/N-ethyl adjacent to an activating group) is 1. The van der Waals surface area contributed by atoms with Crippen LogP contribution in [0, 0.1) is 18.2 Å². The van der Waals surface area contributed by atoms with Crippen LogP contribution in [0.5, 0.6) is 6.01 Å². The first-order valence-corrected chi connectivity index (χ1v) is 14.9. The predicted octanol–water partition coefficient (Wildman–Crippen LogP) is 5.62. The molecule has 2 aromatic carbocycles. The summed E-state index contributed by atoms with van der Waals surface area (Å²) in [7, 11) is 1.78. The molecule has 6 rings (SSSR count). The van der Waals surface area contributed by atoms with Gasteiger partial charge in [0, 0.05) is 49.4 Å². The average Bonchev–Trinajstić information content (AvgIpc) is 3.37. The summed E-state index contributed by atoms with van der Waals surface area (Å²) in [6.07, 6.45) is 0.641.